The van der Waals surface area contributed by atoms with Gasteiger partial charge in [0.05, 0.1) is 0 Å². The molecule has 88 valence electrons. The van der Waals surface area contributed by atoms with Crippen molar-refractivity contribution >= 4 is 11.6 Å². The van der Waals surface area contributed by atoms with Crippen molar-refractivity contribution in [2.75, 3.05) is 39.3 Å². The number of halogens is 1. The molecule has 2 aliphatic heterocycles. The van der Waals surface area contributed by atoms with Gasteiger partial charge in [0, 0.05) is 5.38 Å². The van der Waals surface area contributed by atoms with Crippen LogP contribution in [0.5, 0.6) is 0 Å². The van der Waals surface area contributed by atoms with E-state index < -0.39 is 0 Å². The second-order valence-electron chi connectivity index (χ2n) is 4.92. The Morgan fingerprint density at radius 1 is 0.867 bits per heavy atom. The van der Waals surface area contributed by atoms with Gasteiger partial charge < -0.3 is 9.80 Å². The molecule has 0 bridgehead atoms. The minimum Gasteiger partial charge on any atom is -0.303 e. The van der Waals surface area contributed by atoms with Gasteiger partial charge in [0.1, 0.15) is 0 Å². The van der Waals surface area contributed by atoms with E-state index in [1.807, 2.05) is 0 Å². The van der Waals surface area contributed by atoms with E-state index in [2.05, 4.69) is 9.80 Å². The highest BCUT2D eigenvalue weighted by molar-refractivity contribution is 6.20. The Labute approximate surface area is 98.6 Å². The Balaban J connectivity index is 1.53. The summed E-state index contributed by atoms with van der Waals surface area (Å²) in [4.78, 5) is 5.18. The summed E-state index contributed by atoms with van der Waals surface area (Å²) in [5.74, 6) is 0. The third-order valence-electron chi connectivity index (χ3n) is 3.66. The molecule has 2 saturated heterocycles. The topological polar surface area (TPSA) is 6.48 Å². The molecule has 0 aromatic carbocycles. The fraction of sp³-hybridized carbons (Fsp3) is 1.00. The molecule has 2 fully saturated rings. The zero-order chi connectivity index (χ0) is 10.5. The normalized spacial score (nSPS) is 26.2. The standard InChI is InChI=1S/C12H23ClN2/c13-12-4-10-15(11-5-12)9-3-8-14-6-1-2-7-14/h12H,1-11H2. The van der Waals surface area contributed by atoms with Crippen molar-refractivity contribution in [2.24, 2.45) is 0 Å². The first-order valence-corrected chi connectivity index (χ1v) is 6.87. The number of likely N-dealkylation sites (tertiary alicyclic amines) is 2. The van der Waals surface area contributed by atoms with Gasteiger partial charge in [0.15, 0.2) is 0 Å². The number of hydrogen-bond donors (Lipinski definition) is 0. The fourth-order valence-electron chi connectivity index (χ4n) is 2.65. The SMILES string of the molecule is ClC1CCN(CCCN2CCCC2)CC1. The molecule has 0 aromatic heterocycles. The molecule has 15 heavy (non-hydrogen) atoms. The summed E-state index contributed by atoms with van der Waals surface area (Å²) in [5, 5.41) is 0.444. The smallest absolute Gasteiger partial charge is 0.0360 e. The average Bonchev–Trinajstić information content (AvgIpc) is 2.74. The molecule has 0 amide bonds. The summed E-state index contributed by atoms with van der Waals surface area (Å²) in [5.41, 5.74) is 0. The Bertz CT molecular complexity index is 172. The molecule has 3 heteroatoms. The summed E-state index contributed by atoms with van der Waals surface area (Å²) < 4.78 is 0. The molecular formula is C12H23ClN2. The van der Waals surface area contributed by atoms with E-state index in [-0.39, 0.29) is 0 Å². The van der Waals surface area contributed by atoms with Gasteiger partial charge in [-0.15, -0.1) is 11.6 Å². The van der Waals surface area contributed by atoms with Crippen LogP contribution >= 0.6 is 11.6 Å². The van der Waals surface area contributed by atoms with Crippen LogP contribution in [0, 0.1) is 0 Å². The molecule has 0 saturated carbocycles. The fourth-order valence-corrected chi connectivity index (χ4v) is 2.84. The summed E-state index contributed by atoms with van der Waals surface area (Å²) in [6.45, 7) is 7.69. The highest BCUT2D eigenvalue weighted by Crippen LogP contribution is 2.15. The van der Waals surface area contributed by atoms with E-state index in [4.69, 9.17) is 11.6 Å². The van der Waals surface area contributed by atoms with Gasteiger partial charge in [0.2, 0.25) is 0 Å². The Morgan fingerprint density at radius 2 is 1.40 bits per heavy atom. The molecule has 0 atom stereocenters. The van der Waals surface area contributed by atoms with E-state index in [0.29, 0.717) is 5.38 Å². The third-order valence-corrected chi connectivity index (χ3v) is 4.10. The van der Waals surface area contributed by atoms with E-state index in [1.165, 1.54) is 71.4 Å². The number of alkyl halides is 1. The van der Waals surface area contributed by atoms with Crippen LogP contribution in [0.4, 0.5) is 0 Å². The van der Waals surface area contributed by atoms with Gasteiger partial charge in [-0.2, -0.15) is 0 Å². The molecule has 0 radical (unpaired) electrons. The van der Waals surface area contributed by atoms with Crippen LogP contribution in [0.1, 0.15) is 32.1 Å². The van der Waals surface area contributed by atoms with Gasteiger partial charge in [-0.05, 0) is 71.4 Å². The third kappa shape index (κ3) is 3.93. The van der Waals surface area contributed by atoms with E-state index >= 15 is 0 Å². The molecule has 0 aliphatic carbocycles. The number of piperidine rings is 1. The van der Waals surface area contributed by atoms with E-state index in [1.54, 1.807) is 0 Å². The molecule has 2 heterocycles. The van der Waals surface area contributed by atoms with Crippen molar-refractivity contribution < 1.29 is 0 Å². The highest BCUT2D eigenvalue weighted by atomic mass is 35.5. The molecule has 0 unspecified atom stereocenters. The Hall–Kier alpha value is 0.210. The van der Waals surface area contributed by atoms with Gasteiger partial charge in [-0.1, -0.05) is 0 Å². The van der Waals surface area contributed by atoms with Crippen molar-refractivity contribution in [1.29, 1.82) is 0 Å². The minimum atomic E-state index is 0.444. The molecule has 0 N–H and O–H groups in total. The Morgan fingerprint density at radius 3 is 2.00 bits per heavy atom. The Kier molecular flexibility index (Phi) is 4.73. The summed E-state index contributed by atoms with van der Waals surface area (Å²) >= 11 is 6.08. The van der Waals surface area contributed by atoms with Gasteiger partial charge in [-0.25, -0.2) is 0 Å². The van der Waals surface area contributed by atoms with Crippen molar-refractivity contribution in [3.8, 4) is 0 Å². The quantitative estimate of drug-likeness (QED) is 0.684. The lowest BCUT2D eigenvalue weighted by Gasteiger charge is -2.29. The molecular weight excluding hydrogens is 208 g/mol. The van der Waals surface area contributed by atoms with E-state index in [9.17, 15) is 0 Å². The molecule has 2 rings (SSSR count). The maximum Gasteiger partial charge on any atom is 0.0360 e. The lowest BCUT2D eigenvalue weighted by molar-refractivity contribution is 0.214. The predicted octanol–water partition coefficient (Wildman–Crippen LogP) is 2.18. The lowest BCUT2D eigenvalue weighted by Crippen LogP contribution is -2.36. The maximum atomic E-state index is 6.08. The zero-order valence-corrected chi connectivity index (χ0v) is 10.4. The number of hydrogen-bond acceptors (Lipinski definition) is 2. The monoisotopic (exact) mass is 230 g/mol. The predicted molar refractivity (Wildman–Crippen MR) is 65.6 cm³/mol. The minimum absolute atomic E-state index is 0.444. The van der Waals surface area contributed by atoms with Crippen molar-refractivity contribution in [1.82, 2.24) is 9.80 Å². The van der Waals surface area contributed by atoms with Gasteiger partial charge in [-0.3, -0.25) is 0 Å². The number of rotatable bonds is 4. The first kappa shape index (κ1) is 11.7. The van der Waals surface area contributed by atoms with E-state index in [0.717, 1.165) is 0 Å². The molecule has 0 spiro atoms. The summed E-state index contributed by atoms with van der Waals surface area (Å²) in [7, 11) is 0. The molecule has 2 nitrogen and oxygen atoms in total. The summed E-state index contributed by atoms with van der Waals surface area (Å²) in [6, 6.07) is 0. The van der Waals surface area contributed by atoms with Crippen molar-refractivity contribution in [3.63, 3.8) is 0 Å². The second kappa shape index (κ2) is 6.07. The average molecular weight is 231 g/mol. The van der Waals surface area contributed by atoms with Crippen LogP contribution in [-0.4, -0.2) is 54.4 Å². The number of nitrogens with zero attached hydrogens (tertiary/aromatic N) is 2. The lowest BCUT2D eigenvalue weighted by atomic mass is 10.1. The van der Waals surface area contributed by atoms with Crippen molar-refractivity contribution in [3.05, 3.63) is 0 Å². The van der Waals surface area contributed by atoms with Crippen LogP contribution in [0.25, 0.3) is 0 Å². The van der Waals surface area contributed by atoms with Crippen LogP contribution in [0.2, 0.25) is 0 Å². The van der Waals surface area contributed by atoms with Crippen LogP contribution in [0.3, 0.4) is 0 Å². The zero-order valence-electron chi connectivity index (χ0n) is 9.63. The van der Waals surface area contributed by atoms with Crippen LogP contribution < -0.4 is 0 Å². The largest absolute Gasteiger partial charge is 0.303 e. The first-order valence-electron chi connectivity index (χ1n) is 6.43. The van der Waals surface area contributed by atoms with Crippen LogP contribution in [-0.2, 0) is 0 Å². The summed E-state index contributed by atoms with van der Waals surface area (Å²) in [6.07, 6.45) is 6.54. The molecule has 2 aliphatic rings. The van der Waals surface area contributed by atoms with Crippen molar-refractivity contribution in [2.45, 2.75) is 37.5 Å². The first-order chi connectivity index (χ1) is 7.34. The van der Waals surface area contributed by atoms with Crippen LogP contribution in [0.15, 0.2) is 0 Å². The second-order valence-corrected chi connectivity index (χ2v) is 5.54. The molecule has 0 aromatic rings. The van der Waals surface area contributed by atoms with Gasteiger partial charge in [0.25, 0.3) is 0 Å². The maximum absolute atomic E-state index is 6.08. The highest BCUT2D eigenvalue weighted by Gasteiger charge is 2.17. The van der Waals surface area contributed by atoms with Gasteiger partial charge >= 0.3 is 0 Å².